The van der Waals surface area contributed by atoms with Gasteiger partial charge in [-0.1, -0.05) is 5.21 Å². The van der Waals surface area contributed by atoms with Crippen LogP contribution in [0.1, 0.15) is 18.5 Å². The van der Waals surface area contributed by atoms with Crippen LogP contribution in [-0.2, 0) is 13.6 Å². The third kappa shape index (κ3) is 3.17. The Morgan fingerprint density at radius 2 is 2.38 bits per heavy atom. The van der Waals surface area contributed by atoms with Crippen LogP contribution >= 0.6 is 12.4 Å². The van der Waals surface area contributed by atoms with E-state index in [0.717, 1.165) is 13.1 Å². The van der Waals surface area contributed by atoms with Crippen molar-refractivity contribution >= 4 is 12.4 Å². The van der Waals surface area contributed by atoms with Gasteiger partial charge in [-0.2, -0.15) is 0 Å². The van der Waals surface area contributed by atoms with E-state index < -0.39 is 0 Å². The fourth-order valence-electron chi connectivity index (χ4n) is 2.12. The zero-order valence-corrected chi connectivity index (χ0v) is 10.7. The largest absolute Gasteiger partial charge is 0.316 e. The quantitative estimate of drug-likeness (QED) is 0.839. The maximum absolute atomic E-state index is 3.95. The van der Waals surface area contributed by atoms with E-state index in [1.165, 1.54) is 25.1 Å². The highest BCUT2D eigenvalue weighted by Gasteiger charge is 2.19. The highest BCUT2D eigenvalue weighted by molar-refractivity contribution is 5.85. The molecule has 0 saturated carbocycles. The van der Waals surface area contributed by atoms with Crippen LogP contribution in [0.3, 0.4) is 0 Å². The SMILES string of the molecule is CNC1CCCN(Cc2cnnn2C)C1.Cl. The number of nitrogens with one attached hydrogen (secondary N) is 1. The van der Waals surface area contributed by atoms with Crippen molar-refractivity contribution in [3.63, 3.8) is 0 Å². The zero-order chi connectivity index (χ0) is 10.7. The molecule has 2 rings (SSSR count). The van der Waals surface area contributed by atoms with Gasteiger partial charge in [0.25, 0.3) is 0 Å². The van der Waals surface area contributed by atoms with Crippen LogP contribution in [0.5, 0.6) is 0 Å². The van der Waals surface area contributed by atoms with Crippen molar-refractivity contribution in [3.8, 4) is 0 Å². The predicted molar refractivity (Wildman–Crippen MR) is 65.6 cm³/mol. The summed E-state index contributed by atoms with van der Waals surface area (Å²) in [6, 6.07) is 0.639. The molecule has 92 valence electrons. The van der Waals surface area contributed by atoms with Gasteiger partial charge in [-0.15, -0.1) is 17.5 Å². The number of likely N-dealkylation sites (N-methyl/N-ethyl adjacent to an activating group) is 1. The lowest BCUT2D eigenvalue weighted by molar-refractivity contribution is 0.184. The molecule has 1 N–H and O–H groups in total. The van der Waals surface area contributed by atoms with Gasteiger partial charge in [0, 0.05) is 26.2 Å². The van der Waals surface area contributed by atoms with E-state index >= 15 is 0 Å². The minimum atomic E-state index is 0. The Hall–Kier alpha value is -0.650. The van der Waals surface area contributed by atoms with Crippen molar-refractivity contribution in [2.45, 2.75) is 25.4 Å². The molecule has 1 aliphatic rings. The summed E-state index contributed by atoms with van der Waals surface area (Å²) >= 11 is 0. The molecule has 0 spiro atoms. The molecule has 0 radical (unpaired) electrons. The molecule has 0 aromatic carbocycles. The summed E-state index contributed by atoms with van der Waals surface area (Å²) in [6.45, 7) is 3.27. The zero-order valence-electron chi connectivity index (χ0n) is 9.89. The second kappa shape index (κ2) is 6.18. The normalized spacial score (nSPS) is 21.8. The summed E-state index contributed by atoms with van der Waals surface area (Å²) in [4.78, 5) is 2.46. The van der Waals surface area contributed by atoms with Crippen LogP contribution in [0.15, 0.2) is 6.20 Å². The first-order valence-corrected chi connectivity index (χ1v) is 5.53. The number of aromatic nitrogens is 3. The van der Waals surface area contributed by atoms with Gasteiger partial charge in [0.1, 0.15) is 0 Å². The number of nitrogens with zero attached hydrogens (tertiary/aromatic N) is 4. The predicted octanol–water partition coefficient (Wildman–Crippen LogP) is 0.421. The fraction of sp³-hybridized carbons (Fsp3) is 0.800. The van der Waals surface area contributed by atoms with Crippen molar-refractivity contribution in [1.82, 2.24) is 25.2 Å². The van der Waals surface area contributed by atoms with Gasteiger partial charge in [0.15, 0.2) is 0 Å². The molecule has 1 atom stereocenters. The molecule has 2 heterocycles. The van der Waals surface area contributed by atoms with E-state index in [4.69, 9.17) is 0 Å². The average molecular weight is 246 g/mol. The lowest BCUT2D eigenvalue weighted by Gasteiger charge is -2.32. The van der Waals surface area contributed by atoms with Gasteiger partial charge in [-0.25, -0.2) is 0 Å². The smallest absolute Gasteiger partial charge is 0.0738 e. The number of likely N-dealkylation sites (tertiary alicyclic amines) is 1. The summed E-state index contributed by atoms with van der Waals surface area (Å²) in [6.07, 6.45) is 4.41. The van der Waals surface area contributed by atoms with Gasteiger partial charge >= 0.3 is 0 Å². The molecule has 6 heteroatoms. The van der Waals surface area contributed by atoms with Crippen LogP contribution in [0.2, 0.25) is 0 Å². The molecular weight excluding hydrogens is 226 g/mol. The summed E-state index contributed by atoms with van der Waals surface area (Å²) < 4.78 is 1.85. The third-order valence-electron chi connectivity index (χ3n) is 3.11. The van der Waals surface area contributed by atoms with Crippen molar-refractivity contribution < 1.29 is 0 Å². The van der Waals surface area contributed by atoms with E-state index in [1.54, 1.807) is 0 Å². The minimum absolute atomic E-state index is 0. The maximum Gasteiger partial charge on any atom is 0.0738 e. The fourth-order valence-corrected chi connectivity index (χ4v) is 2.12. The first kappa shape index (κ1) is 13.4. The van der Waals surface area contributed by atoms with Crippen molar-refractivity contribution in [2.24, 2.45) is 7.05 Å². The standard InChI is InChI=1S/C10H19N5.ClH/c1-11-9-4-3-5-15(7-9)8-10-6-12-13-14(10)2;/h6,9,11H,3-5,7-8H2,1-2H3;1H. The van der Waals surface area contributed by atoms with Crippen LogP contribution in [0.25, 0.3) is 0 Å². The molecule has 1 aromatic heterocycles. The Balaban J connectivity index is 0.00000128. The lowest BCUT2D eigenvalue weighted by Crippen LogP contribution is -2.44. The van der Waals surface area contributed by atoms with E-state index in [-0.39, 0.29) is 12.4 Å². The molecule has 5 nitrogen and oxygen atoms in total. The second-order valence-electron chi connectivity index (χ2n) is 4.21. The van der Waals surface area contributed by atoms with E-state index in [1.807, 2.05) is 25.0 Å². The van der Waals surface area contributed by atoms with Crippen LogP contribution in [-0.4, -0.2) is 46.1 Å². The number of aryl methyl sites for hydroxylation is 1. The summed E-state index contributed by atoms with van der Waals surface area (Å²) in [5.74, 6) is 0. The molecule has 1 saturated heterocycles. The Morgan fingerprint density at radius 1 is 1.56 bits per heavy atom. The lowest BCUT2D eigenvalue weighted by atomic mass is 10.1. The monoisotopic (exact) mass is 245 g/mol. The first-order chi connectivity index (χ1) is 7.29. The molecule has 1 aliphatic heterocycles. The van der Waals surface area contributed by atoms with Crippen molar-refractivity contribution in [2.75, 3.05) is 20.1 Å². The summed E-state index contributed by atoms with van der Waals surface area (Å²) in [5, 5.41) is 11.2. The van der Waals surface area contributed by atoms with Gasteiger partial charge in [0.2, 0.25) is 0 Å². The first-order valence-electron chi connectivity index (χ1n) is 5.53. The number of piperidine rings is 1. The number of hydrogen-bond acceptors (Lipinski definition) is 4. The van der Waals surface area contributed by atoms with Gasteiger partial charge in [0.05, 0.1) is 11.9 Å². The minimum Gasteiger partial charge on any atom is -0.316 e. The van der Waals surface area contributed by atoms with Gasteiger partial charge in [-0.3, -0.25) is 9.58 Å². The molecular formula is C10H20ClN5. The third-order valence-corrected chi connectivity index (χ3v) is 3.11. The number of halogens is 1. The molecule has 1 aromatic rings. The van der Waals surface area contributed by atoms with E-state index in [2.05, 4.69) is 20.5 Å². The molecule has 1 fully saturated rings. The van der Waals surface area contributed by atoms with E-state index in [0.29, 0.717) is 6.04 Å². The summed E-state index contributed by atoms with van der Waals surface area (Å²) in [7, 11) is 3.99. The summed E-state index contributed by atoms with van der Waals surface area (Å²) in [5.41, 5.74) is 1.19. The second-order valence-corrected chi connectivity index (χ2v) is 4.21. The van der Waals surface area contributed by atoms with Gasteiger partial charge < -0.3 is 5.32 Å². The molecule has 0 bridgehead atoms. The van der Waals surface area contributed by atoms with Crippen molar-refractivity contribution in [3.05, 3.63) is 11.9 Å². The number of rotatable bonds is 3. The molecule has 1 unspecified atom stereocenters. The Morgan fingerprint density at radius 3 is 3.00 bits per heavy atom. The topological polar surface area (TPSA) is 46.0 Å². The maximum atomic E-state index is 3.95. The van der Waals surface area contributed by atoms with Crippen LogP contribution < -0.4 is 5.32 Å². The average Bonchev–Trinajstić information content (AvgIpc) is 2.65. The van der Waals surface area contributed by atoms with E-state index in [9.17, 15) is 0 Å². The number of hydrogen-bond donors (Lipinski definition) is 1. The van der Waals surface area contributed by atoms with Gasteiger partial charge in [-0.05, 0) is 26.4 Å². The van der Waals surface area contributed by atoms with Crippen molar-refractivity contribution in [1.29, 1.82) is 0 Å². The Labute approximate surface area is 103 Å². The molecule has 0 amide bonds. The molecule has 0 aliphatic carbocycles. The highest BCUT2D eigenvalue weighted by atomic mass is 35.5. The van der Waals surface area contributed by atoms with Crippen LogP contribution in [0, 0.1) is 0 Å². The Kier molecular flexibility index (Phi) is 5.18. The highest BCUT2D eigenvalue weighted by Crippen LogP contribution is 2.12. The molecule has 16 heavy (non-hydrogen) atoms. The van der Waals surface area contributed by atoms with Crippen LogP contribution in [0.4, 0.5) is 0 Å². The Bertz CT molecular complexity index is 314.